The number of allylic oxidation sites excluding steroid dienone is 1. The Morgan fingerprint density at radius 2 is 2.22 bits per heavy atom. The SMILES string of the molecule is CCN(C(=O)O)/C(=C\C#N)c1ccc(Cl)cc1Cl. The fourth-order valence-corrected chi connectivity index (χ4v) is 1.97. The van der Waals surface area contributed by atoms with Gasteiger partial charge in [-0.2, -0.15) is 5.26 Å². The van der Waals surface area contributed by atoms with Gasteiger partial charge in [0.1, 0.15) is 0 Å². The van der Waals surface area contributed by atoms with Gasteiger partial charge in [-0.25, -0.2) is 4.79 Å². The molecule has 18 heavy (non-hydrogen) atoms. The monoisotopic (exact) mass is 284 g/mol. The number of nitrogens with zero attached hydrogens (tertiary/aromatic N) is 2. The van der Waals surface area contributed by atoms with Gasteiger partial charge >= 0.3 is 6.09 Å². The highest BCUT2D eigenvalue weighted by atomic mass is 35.5. The number of carboxylic acid groups (broad SMARTS) is 1. The van der Waals surface area contributed by atoms with Gasteiger partial charge in [-0.05, 0) is 25.1 Å². The van der Waals surface area contributed by atoms with E-state index in [-0.39, 0.29) is 12.2 Å². The van der Waals surface area contributed by atoms with E-state index in [1.165, 1.54) is 6.07 Å². The van der Waals surface area contributed by atoms with Crippen molar-refractivity contribution >= 4 is 35.0 Å². The summed E-state index contributed by atoms with van der Waals surface area (Å²) in [4.78, 5) is 12.1. The summed E-state index contributed by atoms with van der Waals surface area (Å²) in [6, 6.07) is 6.49. The summed E-state index contributed by atoms with van der Waals surface area (Å²) in [5.41, 5.74) is 0.682. The molecule has 6 heteroatoms. The Balaban J connectivity index is 3.34. The van der Waals surface area contributed by atoms with Crippen LogP contribution in [0.2, 0.25) is 10.0 Å². The molecule has 0 aromatic heterocycles. The van der Waals surface area contributed by atoms with Crippen LogP contribution in [0.15, 0.2) is 24.3 Å². The van der Waals surface area contributed by atoms with Crippen molar-refractivity contribution in [3.63, 3.8) is 0 Å². The summed E-state index contributed by atoms with van der Waals surface area (Å²) in [5.74, 6) is 0. The van der Waals surface area contributed by atoms with Gasteiger partial charge in [0.15, 0.2) is 0 Å². The van der Waals surface area contributed by atoms with Crippen molar-refractivity contribution in [1.82, 2.24) is 4.90 Å². The number of carbonyl (C=O) groups is 1. The van der Waals surface area contributed by atoms with Crippen LogP contribution in [0.4, 0.5) is 4.79 Å². The zero-order chi connectivity index (χ0) is 13.7. The van der Waals surface area contributed by atoms with Gasteiger partial charge in [0.25, 0.3) is 0 Å². The molecule has 0 unspecified atom stereocenters. The maximum Gasteiger partial charge on any atom is 0.411 e. The van der Waals surface area contributed by atoms with Crippen molar-refractivity contribution in [2.45, 2.75) is 6.92 Å². The minimum absolute atomic E-state index is 0.210. The summed E-state index contributed by atoms with van der Waals surface area (Å²) in [5, 5.41) is 18.6. The molecule has 1 rings (SSSR count). The minimum Gasteiger partial charge on any atom is -0.465 e. The Labute approximate surface area is 115 Å². The molecular weight excluding hydrogens is 275 g/mol. The van der Waals surface area contributed by atoms with Crippen molar-refractivity contribution < 1.29 is 9.90 Å². The van der Waals surface area contributed by atoms with Gasteiger partial charge in [0, 0.05) is 23.2 Å². The summed E-state index contributed by atoms with van der Waals surface area (Å²) >= 11 is 11.8. The molecule has 1 aromatic carbocycles. The highest BCUT2D eigenvalue weighted by Gasteiger charge is 2.18. The predicted molar refractivity (Wildman–Crippen MR) is 70.5 cm³/mol. The smallest absolute Gasteiger partial charge is 0.411 e. The number of nitriles is 1. The van der Waals surface area contributed by atoms with Crippen LogP contribution >= 0.6 is 23.2 Å². The first-order valence-electron chi connectivity index (χ1n) is 5.07. The number of hydrogen-bond donors (Lipinski definition) is 1. The second-order valence-corrected chi connectivity index (χ2v) is 4.15. The van der Waals surface area contributed by atoms with Crippen LogP contribution in [0.3, 0.4) is 0 Å². The number of benzene rings is 1. The molecule has 0 saturated carbocycles. The second-order valence-electron chi connectivity index (χ2n) is 3.31. The molecule has 0 spiro atoms. The zero-order valence-electron chi connectivity index (χ0n) is 9.52. The standard InChI is InChI=1S/C12H10Cl2N2O2/c1-2-16(12(17)18)11(5-6-15)9-4-3-8(13)7-10(9)14/h3-5,7H,2H2,1H3,(H,17,18)/b11-5-. The van der Waals surface area contributed by atoms with Crippen molar-refractivity contribution in [2.24, 2.45) is 0 Å². The van der Waals surface area contributed by atoms with Gasteiger partial charge in [-0.3, -0.25) is 4.90 Å². The van der Waals surface area contributed by atoms with Crippen molar-refractivity contribution in [2.75, 3.05) is 6.54 Å². The molecule has 1 aromatic rings. The van der Waals surface area contributed by atoms with Crippen molar-refractivity contribution in [1.29, 1.82) is 5.26 Å². The van der Waals surface area contributed by atoms with Crippen LogP contribution in [0.25, 0.3) is 5.70 Å². The highest BCUT2D eigenvalue weighted by molar-refractivity contribution is 6.35. The van der Waals surface area contributed by atoms with Crippen LogP contribution < -0.4 is 0 Å². The number of halogens is 2. The Morgan fingerprint density at radius 3 is 2.67 bits per heavy atom. The van der Waals surface area contributed by atoms with E-state index in [0.29, 0.717) is 15.6 Å². The first-order chi connectivity index (χ1) is 8.51. The molecule has 0 aliphatic rings. The zero-order valence-corrected chi connectivity index (χ0v) is 11.0. The van der Waals surface area contributed by atoms with E-state index in [2.05, 4.69) is 0 Å². The Kier molecular flexibility index (Phi) is 5.02. The van der Waals surface area contributed by atoms with E-state index in [4.69, 9.17) is 33.6 Å². The Morgan fingerprint density at radius 1 is 1.56 bits per heavy atom. The molecule has 0 saturated heterocycles. The molecule has 0 aliphatic carbocycles. The fraction of sp³-hybridized carbons (Fsp3) is 0.167. The van der Waals surface area contributed by atoms with Crippen molar-refractivity contribution in [3.8, 4) is 6.07 Å². The lowest BCUT2D eigenvalue weighted by Crippen LogP contribution is -2.27. The largest absolute Gasteiger partial charge is 0.465 e. The number of amides is 1. The van der Waals surface area contributed by atoms with Gasteiger partial charge in [-0.1, -0.05) is 23.2 Å². The quantitative estimate of drug-likeness (QED) is 0.857. The molecule has 1 amide bonds. The van der Waals surface area contributed by atoms with E-state index in [1.54, 1.807) is 19.1 Å². The minimum atomic E-state index is -1.15. The van der Waals surface area contributed by atoms with Crippen LogP contribution in [0.5, 0.6) is 0 Å². The van der Waals surface area contributed by atoms with Crippen LogP contribution in [0, 0.1) is 11.3 Å². The third kappa shape index (κ3) is 3.16. The fourth-order valence-electron chi connectivity index (χ4n) is 1.47. The number of hydrogen-bond acceptors (Lipinski definition) is 2. The molecule has 0 atom stereocenters. The Hall–Kier alpha value is -1.70. The Bertz CT molecular complexity index is 535. The molecule has 0 aliphatic heterocycles. The lowest BCUT2D eigenvalue weighted by molar-refractivity contribution is 0.168. The maximum absolute atomic E-state index is 11.1. The van der Waals surface area contributed by atoms with E-state index < -0.39 is 6.09 Å². The summed E-state index contributed by atoms with van der Waals surface area (Å²) < 4.78 is 0. The van der Waals surface area contributed by atoms with Crippen LogP contribution in [0.1, 0.15) is 12.5 Å². The van der Waals surface area contributed by atoms with Gasteiger partial charge < -0.3 is 5.11 Å². The predicted octanol–water partition coefficient (Wildman–Crippen LogP) is 3.86. The molecule has 0 heterocycles. The molecule has 0 fully saturated rings. The van der Waals surface area contributed by atoms with Gasteiger partial charge in [-0.15, -0.1) is 0 Å². The molecule has 4 nitrogen and oxygen atoms in total. The molecule has 94 valence electrons. The summed E-state index contributed by atoms with van der Waals surface area (Å²) in [7, 11) is 0. The highest BCUT2D eigenvalue weighted by Crippen LogP contribution is 2.29. The molecule has 0 radical (unpaired) electrons. The molecule has 1 N–H and O–H groups in total. The molecular formula is C12H10Cl2N2O2. The first-order valence-corrected chi connectivity index (χ1v) is 5.82. The third-order valence-electron chi connectivity index (χ3n) is 2.25. The lowest BCUT2D eigenvalue weighted by atomic mass is 10.1. The molecule has 0 bridgehead atoms. The van der Waals surface area contributed by atoms with E-state index in [9.17, 15) is 4.79 Å². The van der Waals surface area contributed by atoms with Crippen LogP contribution in [-0.4, -0.2) is 22.6 Å². The maximum atomic E-state index is 11.1. The van der Waals surface area contributed by atoms with Crippen molar-refractivity contribution in [3.05, 3.63) is 39.9 Å². The lowest BCUT2D eigenvalue weighted by Gasteiger charge is -2.21. The first kappa shape index (κ1) is 14.4. The van der Waals surface area contributed by atoms with Gasteiger partial charge in [0.2, 0.25) is 0 Å². The average molecular weight is 285 g/mol. The number of rotatable bonds is 3. The second kappa shape index (κ2) is 6.29. The third-order valence-corrected chi connectivity index (χ3v) is 2.79. The average Bonchev–Trinajstić information content (AvgIpc) is 2.28. The van der Waals surface area contributed by atoms with Crippen LogP contribution in [-0.2, 0) is 0 Å². The van der Waals surface area contributed by atoms with E-state index in [0.717, 1.165) is 11.0 Å². The van der Waals surface area contributed by atoms with E-state index >= 15 is 0 Å². The summed E-state index contributed by atoms with van der Waals surface area (Å²) in [6.45, 7) is 1.88. The normalized spacial score (nSPS) is 10.9. The summed E-state index contributed by atoms with van der Waals surface area (Å²) in [6.07, 6.45) is -0.00256. The van der Waals surface area contributed by atoms with E-state index in [1.807, 2.05) is 6.07 Å². The topological polar surface area (TPSA) is 64.3 Å². The van der Waals surface area contributed by atoms with Gasteiger partial charge in [0.05, 0.1) is 16.8 Å².